The van der Waals surface area contributed by atoms with E-state index in [-0.39, 0.29) is 0 Å². The molecule has 1 fully saturated rings. The summed E-state index contributed by atoms with van der Waals surface area (Å²) in [5.74, 6) is 1.11. The summed E-state index contributed by atoms with van der Waals surface area (Å²) in [5.41, 5.74) is 2.51. The number of morpholine rings is 1. The maximum Gasteiger partial charge on any atom is 0.129 e. The van der Waals surface area contributed by atoms with Gasteiger partial charge in [-0.25, -0.2) is 4.98 Å². The largest absolute Gasteiger partial charge is 0.377 e. The van der Waals surface area contributed by atoms with Crippen LogP contribution in [0, 0.1) is 0 Å². The van der Waals surface area contributed by atoms with E-state index in [0.29, 0.717) is 6.04 Å². The van der Waals surface area contributed by atoms with Crippen molar-refractivity contribution in [2.24, 2.45) is 0 Å². The van der Waals surface area contributed by atoms with Crippen molar-refractivity contribution in [1.29, 1.82) is 0 Å². The molecule has 4 nitrogen and oxygen atoms in total. The highest BCUT2D eigenvalue weighted by molar-refractivity contribution is 5.44. The standard InChI is InChI=1S/C16H27N3O/c1-4-6-17-11-14-9-15(5-2)18-16(10-14)19-7-8-20-12-13(19)3/h9-10,13,17H,4-8,11-12H2,1-3H3. The number of nitrogens with one attached hydrogen (secondary N) is 1. The predicted molar refractivity (Wildman–Crippen MR) is 83.2 cm³/mol. The van der Waals surface area contributed by atoms with Crippen LogP contribution >= 0.6 is 0 Å². The summed E-state index contributed by atoms with van der Waals surface area (Å²) in [6.07, 6.45) is 2.15. The molecule has 0 aliphatic carbocycles. The summed E-state index contributed by atoms with van der Waals surface area (Å²) in [7, 11) is 0. The second kappa shape index (κ2) is 7.60. The summed E-state index contributed by atoms with van der Waals surface area (Å²) in [4.78, 5) is 7.16. The summed E-state index contributed by atoms with van der Waals surface area (Å²) in [6.45, 7) is 11.1. The number of rotatable bonds is 6. The fourth-order valence-corrected chi connectivity index (χ4v) is 2.54. The average molecular weight is 277 g/mol. The molecular weight excluding hydrogens is 250 g/mol. The molecule has 1 N–H and O–H groups in total. The van der Waals surface area contributed by atoms with Gasteiger partial charge in [0, 0.05) is 18.8 Å². The second-order valence-corrected chi connectivity index (χ2v) is 5.47. The number of pyridine rings is 1. The maximum atomic E-state index is 5.52. The predicted octanol–water partition coefficient (Wildman–Crippen LogP) is 2.37. The van der Waals surface area contributed by atoms with Crippen LogP contribution in [0.4, 0.5) is 5.82 Å². The van der Waals surface area contributed by atoms with Gasteiger partial charge in [0.1, 0.15) is 5.82 Å². The van der Waals surface area contributed by atoms with E-state index in [4.69, 9.17) is 9.72 Å². The first-order valence-corrected chi connectivity index (χ1v) is 7.79. The zero-order valence-electron chi connectivity index (χ0n) is 13.0. The molecule has 0 radical (unpaired) electrons. The molecule has 1 unspecified atom stereocenters. The van der Waals surface area contributed by atoms with Gasteiger partial charge in [-0.2, -0.15) is 0 Å². The third-order valence-corrected chi connectivity index (χ3v) is 3.70. The Morgan fingerprint density at radius 3 is 2.95 bits per heavy atom. The lowest BCUT2D eigenvalue weighted by Gasteiger charge is -2.34. The minimum absolute atomic E-state index is 0.403. The van der Waals surface area contributed by atoms with Crippen molar-refractivity contribution in [1.82, 2.24) is 10.3 Å². The van der Waals surface area contributed by atoms with Gasteiger partial charge in [-0.3, -0.25) is 0 Å². The molecule has 1 saturated heterocycles. The molecule has 0 spiro atoms. The Hall–Kier alpha value is -1.13. The van der Waals surface area contributed by atoms with E-state index in [1.165, 1.54) is 17.7 Å². The van der Waals surface area contributed by atoms with Crippen LogP contribution in [0.2, 0.25) is 0 Å². The van der Waals surface area contributed by atoms with Crippen molar-refractivity contribution in [3.8, 4) is 0 Å². The number of anilines is 1. The first-order valence-electron chi connectivity index (χ1n) is 7.79. The fourth-order valence-electron chi connectivity index (χ4n) is 2.54. The molecule has 2 rings (SSSR count). The van der Waals surface area contributed by atoms with Gasteiger partial charge in [0.25, 0.3) is 0 Å². The molecular formula is C16H27N3O. The van der Waals surface area contributed by atoms with Crippen LogP contribution in [0.1, 0.15) is 38.4 Å². The molecule has 1 aromatic rings. The first-order chi connectivity index (χ1) is 9.74. The normalized spacial score (nSPS) is 19.4. The fraction of sp³-hybridized carbons (Fsp3) is 0.688. The van der Waals surface area contributed by atoms with Gasteiger partial charge in [-0.15, -0.1) is 0 Å². The minimum Gasteiger partial charge on any atom is -0.377 e. The third kappa shape index (κ3) is 3.93. The number of aryl methyl sites for hydroxylation is 1. The Morgan fingerprint density at radius 1 is 1.40 bits per heavy atom. The molecule has 112 valence electrons. The molecule has 0 amide bonds. The Bertz CT molecular complexity index is 422. The summed E-state index contributed by atoms with van der Waals surface area (Å²) in [6, 6.07) is 4.85. The Morgan fingerprint density at radius 2 is 2.25 bits per heavy atom. The van der Waals surface area contributed by atoms with Crippen LogP contribution < -0.4 is 10.2 Å². The van der Waals surface area contributed by atoms with Gasteiger partial charge in [0.05, 0.1) is 19.3 Å². The summed E-state index contributed by atoms with van der Waals surface area (Å²) >= 11 is 0. The summed E-state index contributed by atoms with van der Waals surface area (Å²) < 4.78 is 5.52. The SMILES string of the molecule is CCCNCc1cc(CC)nc(N2CCOCC2C)c1. The lowest BCUT2D eigenvalue weighted by molar-refractivity contribution is 0.0985. The molecule has 1 aliphatic rings. The van der Waals surface area contributed by atoms with Crippen LogP contribution in [0.15, 0.2) is 12.1 Å². The zero-order chi connectivity index (χ0) is 14.4. The van der Waals surface area contributed by atoms with Gasteiger partial charge in [0.15, 0.2) is 0 Å². The first kappa shape index (κ1) is 15.3. The molecule has 4 heteroatoms. The van der Waals surface area contributed by atoms with E-state index >= 15 is 0 Å². The van der Waals surface area contributed by atoms with Crippen LogP contribution in [-0.2, 0) is 17.7 Å². The smallest absolute Gasteiger partial charge is 0.129 e. The van der Waals surface area contributed by atoms with Gasteiger partial charge in [0.2, 0.25) is 0 Å². The monoisotopic (exact) mass is 277 g/mol. The molecule has 0 saturated carbocycles. The van der Waals surface area contributed by atoms with E-state index in [0.717, 1.165) is 45.1 Å². The van der Waals surface area contributed by atoms with Crippen molar-refractivity contribution in [3.63, 3.8) is 0 Å². The molecule has 1 atom stereocenters. The van der Waals surface area contributed by atoms with Crippen LogP contribution in [-0.4, -0.2) is 37.3 Å². The van der Waals surface area contributed by atoms with Crippen molar-refractivity contribution >= 4 is 5.82 Å². The van der Waals surface area contributed by atoms with E-state index in [1.807, 2.05) is 0 Å². The highest BCUT2D eigenvalue weighted by atomic mass is 16.5. The summed E-state index contributed by atoms with van der Waals surface area (Å²) in [5, 5.41) is 3.47. The van der Waals surface area contributed by atoms with Crippen molar-refractivity contribution in [2.45, 2.75) is 46.2 Å². The topological polar surface area (TPSA) is 37.4 Å². The third-order valence-electron chi connectivity index (χ3n) is 3.70. The molecule has 0 aromatic carbocycles. The second-order valence-electron chi connectivity index (χ2n) is 5.47. The van der Waals surface area contributed by atoms with E-state index in [2.05, 4.69) is 43.1 Å². The molecule has 2 heterocycles. The molecule has 1 aliphatic heterocycles. The number of nitrogens with zero attached hydrogens (tertiary/aromatic N) is 2. The molecule has 0 bridgehead atoms. The highest BCUT2D eigenvalue weighted by Gasteiger charge is 2.20. The van der Waals surface area contributed by atoms with Crippen molar-refractivity contribution in [3.05, 3.63) is 23.4 Å². The number of ether oxygens (including phenoxy) is 1. The van der Waals surface area contributed by atoms with Crippen molar-refractivity contribution < 1.29 is 4.74 Å². The zero-order valence-corrected chi connectivity index (χ0v) is 13.0. The van der Waals surface area contributed by atoms with Gasteiger partial charge in [-0.05, 0) is 44.0 Å². The average Bonchev–Trinajstić information content (AvgIpc) is 2.47. The van der Waals surface area contributed by atoms with Crippen molar-refractivity contribution in [2.75, 3.05) is 31.2 Å². The van der Waals surface area contributed by atoms with Crippen LogP contribution in [0.3, 0.4) is 0 Å². The number of hydrogen-bond donors (Lipinski definition) is 1. The van der Waals surface area contributed by atoms with Gasteiger partial charge >= 0.3 is 0 Å². The lowest BCUT2D eigenvalue weighted by atomic mass is 10.1. The van der Waals surface area contributed by atoms with Crippen LogP contribution in [0.25, 0.3) is 0 Å². The van der Waals surface area contributed by atoms with Gasteiger partial charge < -0.3 is 15.0 Å². The Balaban J connectivity index is 2.16. The lowest BCUT2D eigenvalue weighted by Crippen LogP contribution is -2.44. The van der Waals surface area contributed by atoms with Gasteiger partial charge in [-0.1, -0.05) is 13.8 Å². The Labute approximate surface area is 122 Å². The maximum absolute atomic E-state index is 5.52. The molecule has 1 aromatic heterocycles. The molecule has 20 heavy (non-hydrogen) atoms. The quantitative estimate of drug-likeness (QED) is 0.810. The number of hydrogen-bond acceptors (Lipinski definition) is 4. The van der Waals surface area contributed by atoms with E-state index in [9.17, 15) is 0 Å². The van der Waals surface area contributed by atoms with E-state index in [1.54, 1.807) is 0 Å². The van der Waals surface area contributed by atoms with Crippen LogP contribution in [0.5, 0.6) is 0 Å². The highest BCUT2D eigenvalue weighted by Crippen LogP contribution is 2.20. The Kier molecular flexibility index (Phi) is 5.80. The number of aromatic nitrogens is 1. The van der Waals surface area contributed by atoms with E-state index < -0.39 is 0 Å². The minimum atomic E-state index is 0.403.